The Morgan fingerprint density at radius 3 is 3.10 bits per heavy atom. The molecule has 1 saturated heterocycles. The molecule has 1 fully saturated rings. The summed E-state index contributed by atoms with van der Waals surface area (Å²) in [6.45, 7) is 3.64. The van der Waals surface area contributed by atoms with E-state index in [4.69, 9.17) is 11.6 Å². The molecule has 0 radical (unpaired) electrons. The van der Waals surface area contributed by atoms with Gasteiger partial charge >= 0.3 is 0 Å². The summed E-state index contributed by atoms with van der Waals surface area (Å²) < 4.78 is 1.87. The van der Waals surface area contributed by atoms with Crippen molar-refractivity contribution >= 4 is 28.4 Å². The summed E-state index contributed by atoms with van der Waals surface area (Å²) in [5, 5.41) is 6.11. The maximum atomic E-state index is 12.4. The van der Waals surface area contributed by atoms with Crippen molar-refractivity contribution < 1.29 is 4.79 Å². The van der Waals surface area contributed by atoms with E-state index in [0.717, 1.165) is 30.3 Å². The number of fused-ring (bicyclic) bond motifs is 1. The molecule has 3 rings (SSSR count). The lowest BCUT2D eigenvalue weighted by atomic mass is 10.0. The van der Waals surface area contributed by atoms with Gasteiger partial charge in [0, 0.05) is 29.4 Å². The van der Waals surface area contributed by atoms with Crippen LogP contribution in [0.25, 0.3) is 10.9 Å². The summed E-state index contributed by atoms with van der Waals surface area (Å²) in [6.07, 6.45) is 5.78. The first-order chi connectivity index (χ1) is 10.1. The van der Waals surface area contributed by atoms with Crippen LogP contribution in [0.15, 0.2) is 24.4 Å². The van der Waals surface area contributed by atoms with Gasteiger partial charge in [-0.15, -0.1) is 0 Å². The zero-order chi connectivity index (χ0) is 14.8. The van der Waals surface area contributed by atoms with E-state index in [2.05, 4.69) is 12.0 Å². The number of benzene rings is 1. The van der Waals surface area contributed by atoms with E-state index in [1.807, 2.05) is 34.0 Å². The molecule has 1 unspecified atom stereocenters. The van der Waals surface area contributed by atoms with Crippen LogP contribution in [-0.4, -0.2) is 33.2 Å². The van der Waals surface area contributed by atoms with Crippen LogP contribution in [0.1, 0.15) is 32.6 Å². The highest BCUT2D eigenvalue weighted by Gasteiger charge is 2.22. The summed E-state index contributed by atoms with van der Waals surface area (Å²) in [6, 6.07) is 6.08. The molecular formula is C16H20ClN3O. The van der Waals surface area contributed by atoms with E-state index in [1.54, 1.807) is 0 Å². The standard InChI is InChI=1S/C16H20ClN3O/c1-12-4-2-3-8-19(12)16(21)7-9-20-15-10-14(17)6-5-13(15)11-18-20/h5-6,10-12H,2-4,7-9H2,1H3. The Kier molecular flexibility index (Phi) is 4.15. The molecule has 112 valence electrons. The number of hydrogen-bond acceptors (Lipinski definition) is 2. The third-order valence-electron chi connectivity index (χ3n) is 4.27. The van der Waals surface area contributed by atoms with E-state index in [1.165, 1.54) is 6.42 Å². The van der Waals surface area contributed by atoms with Gasteiger partial charge in [0.1, 0.15) is 0 Å². The number of carbonyl (C=O) groups excluding carboxylic acids is 1. The molecule has 4 nitrogen and oxygen atoms in total. The maximum Gasteiger partial charge on any atom is 0.224 e. The van der Waals surface area contributed by atoms with Gasteiger partial charge in [-0.05, 0) is 44.4 Å². The highest BCUT2D eigenvalue weighted by molar-refractivity contribution is 6.31. The summed E-state index contributed by atoms with van der Waals surface area (Å²) in [7, 11) is 0. The van der Waals surface area contributed by atoms with Crippen LogP contribution in [0.5, 0.6) is 0 Å². The molecule has 21 heavy (non-hydrogen) atoms. The van der Waals surface area contributed by atoms with Crippen LogP contribution in [-0.2, 0) is 11.3 Å². The molecule has 0 aliphatic carbocycles. The normalized spacial score (nSPS) is 19.1. The Morgan fingerprint density at radius 2 is 2.29 bits per heavy atom. The van der Waals surface area contributed by atoms with Crippen LogP contribution in [0.2, 0.25) is 5.02 Å². The number of rotatable bonds is 3. The molecule has 0 saturated carbocycles. The van der Waals surface area contributed by atoms with Crippen molar-refractivity contribution in [2.45, 2.75) is 45.2 Å². The van der Waals surface area contributed by atoms with Gasteiger partial charge in [-0.3, -0.25) is 9.48 Å². The van der Waals surface area contributed by atoms with Crippen molar-refractivity contribution in [3.8, 4) is 0 Å². The predicted molar refractivity (Wildman–Crippen MR) is 84.4 cm³/mol. The maximum absolute atomic E-state index is 12.4. The van der Waals surface area contributed by atoms with Gasteiger partial charge < -0.3 is 4.90 Å². The Labute approximate surface area is 129 Å². The minimum Gasteiger partial charge on any atom is -0.340 e. The van der Waals surface area contributed by atoms with E-state index in [0.29, 0.717) is 24.0 Å². The van der Waals surface area contributed by atoms with E-state index >= 15 is 0 Å². The molecule has 0 spiro atoms. The topological polar surface area (TPSA) is 38.1 Å². The molecule has 1 aromatic carbocycles. The van der Waals surface area contributed by atoms with Crippen molar-refractivity contribution in [2.75, 3.05) is 6.54 Å². The molecule has 1 aromatic heterocycles. The van der Waals surface area contributed by atoms with Crippen LogP contribution in [0, 0.1) is 0 Å². The second kappa shape index (κ2) is 6.06. The molecule has 0 bridgehead atoms. The van der Waals surface area contributed by atoms with Gasteiger partial charge in [-0.25, -0.2) is 0 Å². The minimum atomic E-state index is 0.230. The lowest BCUT2D eigenvalue weighted by Crippen LogP contribution is -2.42. The Hall–Kier alpha value is -1.55. The number of likely N-dealkylation sites (tertiary alicyclic amines) is 1. The van der Waals surface area contributed by atoms with E-state index in [9.17, 15) is 4.79 Å². The molecule has 5 heteroatoms. The quantitative estimate of drug-likeness (QED) is 0.870. The third-order valence-corrected chi connectivity index (χ3v) is 4.50. The fourth-order valence-corrected chi connectivity index (χ4v) is 3.20. The lowest BCUT2D eigenvalue weighted by Gasteiger charge is -2.33. The van der Waals surface area contributed by atoms with Crippen LogP contribution < -0.4 is 0 Å². The summed E-state index contributed by atoms with van der Waals surface area (Å²) in [5.74, 6) is 0.230. The number of nitrogens with zero attached hydrogens (tertiary/aromatic N) is 3. The summed E-state index contributed by atoms with van der Waals surface area (Å²) in [5.41, 5.74) is 0.988. The molecule has 1 amide bonds. The van der Waals surface area contributed by atoms with Gasteiger partial charge in [0.25, 0.3) is 0 Å². The Balaban J connectivity index is 1.68. The fourth-order valence-electron chi connectivity index (χ4n) is 3.04. The number of halogens is 1. The molecule has 1 aliphatic rings. The molecule has 1 atom stereocenters. The highest BCUT2D eigenvalue weighted by atomic mass is 35.5. The van der Waals surface area contributed by atoms with Gasteiger partial charge in [-0.2, -0.15) is 5.10 Å². The highest BCUT2D eigenvalue weighted by Crippen LogP contribution is 2.20. The zero-order valence-corrected chi connectivity index (χ0v) is 13.0. The van der Waals surface area contributed by atoms with Crippen molar-refractivity contribution in [2.24, 2.45) is 0 Å². The third kappa shape index (κ3) is 3.05. The number of amides is 1. The molecule has 2 heterocycles. The number of piperidine rings is 1. The molecule has 0 N–H and O–H groups in total. The number of aromatic nitrogens is 2. The van der Waals surface area contributed by atoms with Gasteiger partial charge in [-0.1, -0.05) is 11.6 Å². The number of hydrogen-bond donors (Lipinski definition) is 0. The first-order valence-electron chi connectivity index (χ1n) is 7.56. The van der Waals surface area contributed by atoms with Crippen molar-refractivity contribution in [1.82, 2.24) is 14.7 Å². The average Bonchev–Trinajstić information content (AvgIpc) is 2.87. The monoisotopic (exact) mass is 305 g/mol. The van der Waals surface area contributed by atoms with Gasteiger partial charge in [0.2, 0.25) is 5.91 Å². The van der Waals surface area contributed by atoms with Gasteiger partial charge in [0.05, 0.1) is 18.3 Å². The second-order valence-electron chi connectivity index (χ2n) is 5.75. The fraction of sp³-hybridized carbons (Fsp3) is 0.500. The SMILES string of the molecule is CC1CCCCN1C(=O)CCn1ncc2ccc(Cl)cc21. The van der Waals surface area contributed by atoms with Crippen LogP contribution in [0.3, 0.4) is 0 Å². The molecule has 1 aliphatic heterocycles. The number of aryl methyl sites for hydroxylation is 1. The van der Waals surface area contributed by atoms with Gasteiger partial charge in [0.15, 0.2) is 0 Å². The largest absolute Gasteiger partial charge is 0.340 e. The lowest BCUT2D eigenvalue weighted by molar-refractivity contribution is -0.134. The van der Waals surface area contributed by atoms with Crippen LogP contribution in [0.4, 0.5) is 0 Å². The van der Waals surface area contributed by atoms with E-state index in [-0.39, 0.29) is 5.91 Å². The summed E-state index contributed by atoms with van der Waals surface area (Å²) in [4.78, 5) is 14.4. The average molecular weight is 306 g/mol. The second-order valence-corrected chi connectivity index (χ2v) is 6.19. The van der Waals surface area contributed by atoms with Crippen molar-refractivity contribution in [3.63, 3.8) is 0 Å². The predicted octanol–water partition coefficient (Wildman–Crippen LogP) is 3.48. The Bertz CT molecular complexity index is 652. The molecular weight excluding hydrogens is 286 g/mol. The number of carbonyl (C=O) groups is 1. The zero-order valence-electron chi connectivity index (χ0n) is 12.3. The summed E-state index contributed by atoms with van der Waals surface area (Å²) >= 11 is 6.03. The smallest absolute Gasteiger partial charge is 0.224 e. The minimum absolute atomic E-state index is 0.230. The van der Waals surface area contributed by atoms with E-state index < -0.39 is 0 Å². The first kappa shape index (κ1) is 14.4. The van der Waals surface area contributed by atoms with Crippen molar-refractivity contribution in [1.29, 1.82) is 0 Å². The Morgan fingerprint density at radius 1 is 1.43 bits per heavy atom. The van der Waals surface area contributed by atoms with Crippen LogP contribution >= 0.6 is 11.6 Å². The first-order valence-corrected chi connectivity index (χ1v) is 7.93. The van der Waals surface area contributed by atoms with Crippen molar-refractivity contribution in [3.05, 3.63) is 29.4 Å². The molecule has 2 aromatic rings.